The van der Waals surface area contributed by atoms with Crippen LogP contribution in [0.4, 0.5) is 10.8 Å². The van der Waals surface area contributed by atoms with Gasteiger partial charge in [0, 0.05) is 28.9 Å². The number of phenols is 2. The standard InChI is InChI=1S/C29H27N3O7S/c1-11(2)27(38)32-28-31-16-8-7-15(9-18(16)40-28)30-13(4)20-17(34)10-19-29(6,26(20)37)22-24(36)12(3)23(35)21(14(5)33)25(22)39-19/h7-11,30,35-36H,1-6H3,(H,31,32,38)/b20-13+/t29-/m0/s1. The third-order valence-corrected chi connectivity index (χ3v) is 8.17. The van der Waals surface area contributed by atoms with E-state index in [1.165, 1.54) is 38.2 Å². The number of fused-ring (bicyclic) bond motifs is 4. The number of thiazole rings is 1. The summed E-state index contributed by atoms with van der Waals surface area (Å²) in [6, 6.07) is 5.30. The van der Waals surface area contributed by atoms with Crippen molar-refractivity contribution in [3.05, 3.63) is 58.0 Å². The lowest BCUT2D eigenvalue weighted by molar-refractivity contribution is -0.123. The molecule has 1 aliphatic carbocycles. The minimum atomic E-state index is -1.60. The molecule has 2 aromatic carbocycles. The molecule has 1 aliphatic heterocycles. The molecular weight excluding hydrogens is 534 g/mol. The fourth-order valence-electron chi connectivity index (χ4n) is 4.95. The van der Waals surface area contributed by atoms with Crippen LogP contribution in [-0.2, 0) is 19.8 Å². The second kappa shape index (κ2) is 9.30. The van der Waals surface area contributed by atoms with Crippen LogP contribution >= 0.6 is 11.3 Å². The number of aromatic hydroxyl groups is 2. The van der Waals surface area contributed by atoms with Crippen LogP contribution < -0.4 is 15.4 Å². The maximum absolute atomic E-state index is 14.0. The SMILES string of the molecule is CC(=O)c1c(O)c(C)c(O)c2c1OC1=CC(=O)/C(=C(/C)Nc3ccc4nc(NC(=O)C(C)C)sc4c3)C(=O)[C@@]12C. The van der Waals surface area contributed by atoms with Gasteiger partial charge in [-0.25, -0.2) is 4.98 Å². The molecule has 11 heteroatoms. The fraction of sp³-hybridized carbons (Fsp3) is 0.276. The molecule has 10 nitrogen and oxygen atoms in total. The predicted molar refractivity (Wildman–Crippen MR) is 150 cm³/mol. The van der Waals surface area contributed by atoms with Crippen molar-refractivity contribution < 1.29 is 34.1 Å². The molecular formula is C29H27N3O7S. The van der Waals surface area contributed by atoms with Crippen molar-refractivity contribution in [1.82, 2.24) is 4.98 Å². The maximum Gasteiger partial charge on any atom is 0.228 e. The van der Waals surface area contributed by atoms with E-state index >= 15 is 0 Å². The van der Waals surface area contributed by atoms with Gasteiger partial charge < -0.3 is 25.6 Å². The quantitative estimate of drug-likeness (QED) is 0.194. The number of Topliss-reactive ketones (excluding diaryl/α,β-unsaturated/α-hetero) is 2. The summed E-state index contributed by atoms with van der Waals surface area (Å²) >= 11 is 1.30. The Morgan fingerprint density at radius 1 is 1.10 bits per heavy atom. The monoisotopic (exact) mass is 561 g/mol. The number of anilines is 2. The number of aromatic nitrogens is 1. The lowest BCUT2D eigenvalue weighted by atomic mass is 9.70. The van der Waals surface area contributed by atoms with E-state index in [-0.39, 0.29) is 57.0 Å². The van der Waals surface area contributed by atoms with E-state index < -0.39 is 28.5 Å². The number of ketones is 3. The van der Waals surface area contributed by atoms with Gasteiger partial charge in [0.15, 0.2) is 22.5 Å². The average Bonchev–Trinajstić information content (AvgIpc) is 3.40. The molecule has 0 radical (unpaired) electrons. The van der Waals surface area contributed by atoms with Gasteiger partial charge in [-0.05, 0) is 45.9 Å². The van der Waals surface area contributed by atoms with Gasteiger partial charge in [-0.3, -0.25) is 19.2 Å². The van der Waals surface area contributed by atoms with E-state index in [4.69, 9.17) is 4.74 Å². The van der Waals surface area contributed by atoms with Crippen LogP contribution in [0.3, 0.4) is 0 Å². The summed E-state index contributed by atoms with van der Waals surface area (Å²) in [4.78, 5) is 56.0. The van der Waals surface area contributed by atoms with E-state index in [1.54, 1.807) is 39.0 Å². The Balaban J connectivity index is 1.54. The van der Waals surface area contributed by atoms with Gasteiger partial charge in [0.25, 0.3) is 0 Å². The predicted octanol–water partition coefficient (Wildman–Crippen LogP) is 4.88. The summed E-state index contributed by atoms with van der Waals surface area (Å²) in [5, 5.41) is 27.9. The first-order chi connectivity index (χ1) is 18.7. The highest BCUT2D eigenvalue weighted by Gasteiger charge is 2.56. The first-order valence-electron chi connectivity index (χ1n) is 12.5. The number of hydrogen-bond donors (Lipinski definition) is 4. The molecule has 0 saturated heterocycles. The van der Waals surface area contributed by atoms with Gasteiger partial charge in [0.2, 0.25) is 5.91 Å². The smallest absolute Gasteiger partial charge is 0.228 e. The van der Waals surface area contributed by atoms with E-state index in [0.717, 1.165) is 4.70 Å². The van der Waals surface area contributed by atoms with Crippen LogP contribution in [0.2, 0.25) is 0 Å². The number of benzene rings is 2. The second-order valence-corrected chi connectivity index (χ2v) is 11.4. The lowest BCUT2D eigenvalue weighted by Gasteiger charge is -2.29. The second-order valence-electron chi connectivity index (χ2n) is 10.4. The minimum Gasteiger partial charge on any atom is -0.507 e. The molecule has 1 amide bonds. The largest absolute Gasteiger partial charge is 0.507 e. The zero-order valence-electron chi connectivity index (χ0n) is 22.7. The maximum atomic E-state index is 14.0. The van der Waals surface area contributed by atoms with Gasteiger partial charge in [0.05, 0.1) is 21.4 Å². The van der Waals surface area contributed by atoms with E-state index in [9.17, 15) is 29.4 Å². The van der Waals surface area contributed by atoms with Crippen LogP contribution in [0.25, 0.3) is 10.2 Å². The van der Waals surface area contributed by atoms with Crippen molar-refractivity contribution in [2.24, 2.45) is 5.92 Å². The number of nitrogens with zero attached hydrogens (tertiary/aromatic N) is 1. The average molecular weight is 562 g/mol. The molecule has 2 heterocycles. The van der Waals surface area contributed by atoms with Crippen LogP contribution in [0.1, 0.15) is 56.1 Å². The van der Waals surface area contributed by atoms with E-state index in [1.807, 2.05) is 0 Å². The summed E-state index contributed by atoms with van der Waals surface area (Å²) in [5.41, 5.74) is -0.283. The van der Waals surface area contributed by atoms with Crippen LogP contribution in [0, 0.1) is 12.8 Å². The Hall–Kier alpha value is -4.51. The lowest BCUT2D eigenvalue weighted by Crippen LogP contribution is -2.40. The normalized spacial score (nSPS) is 19.2. The van der Waals surface area contributed by atoms with Crippen molar-refractivity contribution in [3.8, 4) is 17.2 Å². The van der Waals surface area contributed by atoms with Crippen LogP contribution in [0.5, 0.6) is 17.2 Å². The number of hydrogen-bond acceptors (Lipinski definition) is 10. The van der Waals surface area contributed by atoms with Gasteiger partial charge in [-0.15, -0.1) is 0 Å². The summed E-state index contributed by atoms with van der Waals surface area (Å²) in [6.07, 6.45) is 1.17. The minimum absolute atomic E-state index is 0.0288. The van der Waals surface area contributed by atoms with E-state index in [2.05, 4.69) is 15.6 Å². The highest BCUT2D eigenvalue weighted by atomic mass is 32.1. The Kier molecular flexibility index (Phi) is 6.30. The summed E-state index contributed by atoms with van der Waals surface area (Å²) in [7, 11) is 0. The third-order valence-electron chi connectivity index (χ3n) is 7.23. The van der Waals surface area contributed by atoms with Crippen molar-refractivity contribution in [2.75, 3.05) is 10.6 Å². The molecule has 0 unspecified atom stereocenters. The molecule has 0 bridgehead atoms. The van der Waals surface area contributed by atoms with Crippen LogP contribution in [-0.4, -0.2) is 38.5 Å². The third kappa shape index (κ3) is 3.96. The number of ether oxygens (including phenoxy) is 1. The Morgan fingerprint density at radius 3 is 2.45 bits per heavy atom. The van der Waals surface area contributed by atoms with Crippen molar-refractivity contribution in [2.45, 2.75) is 47.0 Å². The molecule has 206 valence electrons. The zero-order valence-corrected chi connectivity index (χ0v) is 23.5. The number of carbonyl (C=O) groups excluding carboxylic acids is 4. The molecule has 4 N–H and O–H groups in total. The molecule has 5 rings (SSSR count). The number of nitrogens with one attached hydrogen (secondary N) is 2. The molecule has 3 aromatic rings. The molecule has 0 fully saturated rings. The van der Waals surface area contributed by atoms with Crippen LogP contribution in [0.15, 0.2) is 41.3 Å². The van der Waals surface area contributed by atoms with E-state index in [0.29, 0.717) is 16.3 Å². The summed E-state index contributed by atoms with van der Waals surface area (Å²) in [6.45, 7) is 9.36. The van der Waals surface area contributed by atoms with Crippen molar-refractivity contribution in [1.29, 1.82) is 0 Å². The number of allylic oxidation sites excluding steroid dienone is 4. The Labute approximate surface area is 233 Å². The Bertz CT molecular complexity index is 1750. The highest BCUT2D eigenvalue weighted by molar-refractivity contribution is 7.22. The first-order valence-corrected chi connectivity index (χ1v) is 13.4. The number of rotatable bonds is 5. The molecule has 0 spiro atoms. The first kappa shape index (κ1) is 27.1. The van der Waals surface area contributed by atoms with Crippen molar-refractivity contribution >= 4 is 55.6 Å². The van der Waals surface area contributed by atoms with Gasteiger partial charge >= 0.3 is 0 Å². The topological polar surface area (TPSA) is 155 Å². The molecule has 0 saturated carbocycles. The highest BCUT2D eigenvalue weighted by Crippen LogP contribution is 2.57. The molecule has 1 atom stereocenters. The molecule has 2 aliphatic rings. The summed E-state index contributed by atoms with van der Waals surface area (Å²) in [5.74, 6) is -3.05. The van der Waals surface area contributed by atoms with Gasteiger partial charge in [-0.1, -0.05) is 25.2 Å². The molecule has 1 aromatic heterocycles. The zero-order chi connectivity index (χ0) is 29.3. The number of phenolic OH excluding ortho intramolecular Hbond substituents is 2. The van der Waals surface area contributed by atoms with Crippen molar-refractivity contribution in [3.63, 3.8) is 0 Å². The molecule has 40 heavy (non-hydrogen) atoms. The fourth-order valence-corrected chi connectivity index (χ4v) is 5.86. The summed E-state index contributed by atoms with van der Waals surface area (Å²) < 4.78 is 6.59. The number of carbonyl (C=O) groups is 4. The van der Waals surface area contributed by atoms with Gasteiger partial charge in [-0.2, -0.15) is 0 Å². The Morgan fingerprint density at radius 2 is 1.80 bits per heavy atom. The number of amides is 1. The van der Waals surface area contributed by atoms with Gasteiger partial charge in [0.1, 0.15) is 34.0 Å².